The lowest BCUT2D eigenvalue weighted by Gasteiger charge is -2.41. The van der Waals surface area contributed by atoms with E-state index in [1.54, 1.807) is 0 Å². The lowest BCUT2D eigenvalue weighted by molar-refractivity contribution is -0.147. The van der Waals surface area contributed by atoms with E-state index in [1.807, 2.05) is 0 Å². The Bertz CT molecular complexity index is 232. The zero-order chi connectivity index (χ0) is 12.8. The van der Waals surface area contributed by atoms with Crippen LogP contribution in [0.4, 0.5) is 0 Å². The first-order valence-electron chi connectivity index (χ1n) is 7.48. The summed E-state index contributed by atoms with van der Waals surface area (Å²) in [6, 6.07) is 0.667. The molecule has 1 saturated carbocycles. The van der Waals surface area contributed by atoms with Gasteiger partial charge in [-0.05, 0) is 38.3 Å². The third-order valence-corrected chi connectivity index (χ3v) is 4.46. The molecule has 4 heteroatoms. The molecule has 2 aliphatic rings. The van der Waals surface area contributed by atoms with Crippen molar-refractivity contribution in [2.45, 2.75) is 51.2 Å². The molecule has 1 aliphatic heterocycles. The van der Waals surface area contributed by atoms with Gasteiger partial charge >= 0.3 is 0 Å². The first-order chi connectivity index (χ1) is 8.85. The predicted molar refractivity (Wildman–Crippen MR) is 72.4 cm³/mol. The highest BCUT2D eigenvalue weighted by Crippen LogP contribution is 2.28. The molecule has 1 heterocycles. The third kappa shape index (κ3) is 3.67. The molecule has 0 radical (unpaired) electrons. The second-order valence-corrected chi connectivity index (χ2v) is 5.54. The first-order valence-corrected chi connectivity index (χ1v) is 7.48. The van der Waals surface area contributed by atoms with E-state index >= 15 is 0 Å². The molecule has 4 nitrogen and oxygen atoms in total. The van der Waals surface area contributed by atoms with Crippen LogP contribution in [-0.2, 0) is 9.47 Å². The monoisotopic (exact) mass is 256 g/mol. The number of hydrogen-bond donors (Lipinski definition) is 1. The van der Waals surface area contributed by atoms with Crippen molar-refractivity contribution in [3.05, 3.63) is 0 Å². The van der Waals surface area contributed by atoms with Crippen molar-refractivity contribution in [1.82, 2.24) is 4.90 Å². The zero-order valence-electron chi connectivity index (χ0n) is 11.6. The van der Waals surface area contributed by atoms with E-state index in [0.717, 1.165) is 32.7 Å². The Balaban J connectivity index is 1.89. The number of likely N-dealkylation sites (N-methyl/N-ethyl adjacent to an activating group) is 1. The van der Waals surface area contributed by atoms with Crippen LogP contribution < -0.4 is 5.73 Å². The minimum Gasteiger partial charge on any atom is -0.355 e. The molecular weight excluding hydrogens is 228 g/mol. The maximum absolute atomic E-state index is 5.94. The Labute approximate surface area is 111 Å². The molecule has 2 N–H and O–H groups in total. The van der Waals surface area contributed by atoms with E-state index in [9.17, 15) is 0 Å². The summed E-state index contributed by atoms with van der Waals surface area (Å²) >= 11 is 0. The van der Waals surface area contributed by atoms with Crippen molar-refractivity contribution in [3.63, 3.8) is 0 Å². The highest BCUT2D eigenvalue weighted by Gasteiger charge is 2.30. The van der Waals surface area contributed by atoms with Gasteiger partial charge in [-0.1, -0.05) is 19.8 Å². The summed E-state index contributed by atoms with van der Waals surface area (Å²) in [5, 5.41) is 0. The molecule has 1 saturated heterocycles. The van der Waals surface area contributed by atoms with Gasteiger partial charge in [0.25, 0.3) is 0 Å². The Morgan fingerprint density at radius 3 is 2.72 bits per heavy atom. The quantitative estimate of drug-likeness (QED) is 0.811. The van der Waals surface area contributed by atoms with Crippen molar-refractivity contribution in [2.24, 2.45) is 11.7 Å². The maximum atomic E-state index is 5.94. The summed E-state index contributed by atoms with van der Waals surface area (Å²) in [5.41, 5.74) is 5.94. The average Bonchev–Trinajstić information content (AvgIpc) is 2.46. The molecular formula is C14H28N2O2. The Morgan fingerprint density at radius 1 is 1.22 bits per heavy atom. The summed E-state index contributed by atoms with van der Waals surface area (Å²) in [7, 11) is 0. The zero-order valence-corrected chi connectivity index (χ0v) is 11.6. The van der Waals surface area contributed by atoms with Gasteiger partial charge < -0.3 is 15.2 Å². The molecule has 0 bridgehead atoms. The van der Waals surface area contributed by atoms with Crippen LogP contribution in [0.2, 0.25) is 0 Å². The maximum Gasteiger partial charge on any atom is 0.147 e. The Morgan fingerprint density at radius 2 is 2.06 bits per heavy atom. The van der Waals surface area contributed by atoms with Crippen molar-refractivity contribution in [3.8, 4) is 0 Å². The number of ether oxygens (including phenoxy) is 2. The fourth-order valence-electron chi connectivity index (χ4n) is 3.35. The normalized spacial score (nSPS) is 33.8. The van der Waals surface area contributed by atoms with Gasteiger partial charge in [-0.15, -0.1) is 0 Å². The van der Waals surface area contributed by atoms with Crippen molar-refractivity contribution < 1.29 is 9.47 Å². The number of nitrogens with zero attached hydrogens (tertiary/aromatic N) is 1. The van der Waals surface area contributed by atoms with Crippen molar-refractivity contribution >= 4 is 0 Å². The fraction of sp³-hybridized carbons (Fsp3) is 1.00. The van der Waals surface area contributed by atoms with Gasteiger partial charge in [-0.25, -0.2) is 0 Å². The molecule has 106 valence electrons. The van der Waals surface area contributed by atoms with Gasteiger partial charge in [0.1, 0.15) is 6.79 Å². The van der Waals surface area contributed by atoms with Crippen LogP contribution in [-0.4, -0.2) is 50.1 Å². The number of nitrogens with two attached hydrogens (primary N) is 1. The molecule has 0 aromatic carbocycles. The molecule has 0 aromatic heterocycles. The molecule has 2 rings (SSSR count). The van der Waals surface area contributed by atoms with Gasteiger partial charge in [0.2, 0.25) is 0 Å². The molecule has 0 spiro atoms. The van der Waals surface area contributed by atoms with Gasteiger partial charge in [-0.3, -0.25) is 4.90 Å². The molecule has 18 heavy (non-hydrogen) atoms. The van der Waals surface area contributed by atoms with Gasteiger partial charge in [0, 0.05) is 12.6 Å². The van der Waals surface area contributed by atoms with E-state index in [-0.39, 0.29) is 0 Å². The molecule has 3 atom stereocenters. The summed E-state index contributed by atoms with van der Waals surface area (Å²) in [4.78, 5) is 2.59. The summed E-state index contributed by atoms with van der Waals surface area (Å²) in [6.45, 7) is 6.53. The van der Waals surface area contributed by atoms with E-state index in [1.165, 1.54) is 25.7 Å². The summed E-state index contributed by atoms with van der Waals surface area (Å²) < 4.78 is 10.9. The lowest BCUT2D eigenvalue weighted by Crippen LogP contribution is -2.48. The summed E-state index contributed by atoms with van der Waals surface area (Å²) in [5.74, 6) is 0.679. The van der Waals surface area contributed by atoms with Crippen molar-refractivity contribution in [2.75, 3.05) is 33.0 Å². The second-order valence-electron chi connectivity index (χ2n) is 5.54. The highest BCUT2D eigenvalue weighted by atomic mass is 16.7. The highest BCUT2D eigenvalue weighted by molar-refractivity contribution is 4.85. The van der Waals surface area contributed by atoms with Crippen LogP contribution in [0.5, 0.6) is 0 Å². The van der Waals surface area contributed by atoms with E-state index in [2.05, 4.69) is 11.8 Å². The second kappa shape index (κ2) is 7.43. The topological polar surface area (TPSA) is 47.7 Å². The van der Waals surface area contributed by atoms with Gasteiger partial charge in [0.05, 0.1) is 12.7 Å². The van der Waals surface area contributed by atoms with Crippen LogP contribution in [0.3, 0.4) is 0 Å². The lowest BCUT2D eigenvalue weighted by atomic mass is 9.83. The Kier molecular flexibility index (Phi) is 5.89. The van der Waals surface area contributed by atoms with E-state index in [0.29, 0.717) is 24.9 Å². The molecule has 0 aromatic rings. The first kappa shape index (κ1) is 14.3. The standard InChI is InChI=1S/C14H28N2O2/c1-2-16(10-13-7-8-17-11-18-13)14-6-4-3-5-12(14)9-15/h12-14H,2-11,15H2,1H3. The fourth-order valence-corrected chi connectivity index (χ4v) is 3.35. The van der Waals surface area contributed by atoms with Gasteiger partial charge in [-0.2, -0.15) is 0 Å². The minimum absolute atomic E-state index is 0.346. The smallest absolute Gasteiger partial charge is 0.147 e. The van der Waals surface area contributed by atoms with Crippen LogP contribution in [0.1, 0.15) is 39.0 Å². The number of rotatable bonds is 5. The summed E-state index contributed by atoms with van der Waals surface area (Å²) in [6.07, 6.45) is 6.68. The minimum atomic E-state index is 0.346. The SMILES string of the molecule is CCN(CC1CCOCO1)C1CCCCC1CN. The Hall–Kier alpha value is -0.160. The van der Waals surface area contributed by atoms with Gasteiger partial charge in [0.15, 0.2) is 0 Å². The van der Waals surface area contributed by atoms with Crippen LogP contribution in [0.25, 0.3) is 0 Å². The predicted octanol–water partition coefficient (Wildman–Crippen LogP) is 1.59. The third-order valence-electron chi connectivity index (χ3n) is 4.46. The number of hydrogen-bond acceptors (Lipinski definition) is 4. The molecule has 3 unspecified atom stereocenters. The van der Waals surface area contributed by atoms with Crippen LogP contribution >= 0.6 is 0 Å². The van der Waals surface area contributed by atoms with Crippen LogP contribution in [0.15, 0.2) is 0 Å². The molecule has 1 aliphatic carbocycles. The van der Waals surface area contributed by atoms with Crippen molar-refractivity contribution in [1.29, 1.82) is 0 Å². The van der Waals surface area contributed by atoms with E-state index in [4.69, 9.17) is 15.2 Å². The molecule has 2 fully saturated rings. The van der Waals surface area contributed by atoms with Crippen LogP contribution in [0, 0.1) is 5.92 Å². The largest absolute Gasteiger partial charge is 0.355 e. The van der Waals surface area contributed by atoms with E-state index < -0.39 is 0 Å². The molecule has 0 amide bonds. The average molecular weight is 256 g/mol.